The van der Waals surface area contributed by atoms with Gasteiger partial charge in [-0.05, 0) is 24.3 Å². The van der Waals surface area contributed by atoms with E-state index in [9.17, 15) is 10.1 Å². The molecule has 1 N–H and O–H groups in total. The number of nitrogens with zero attached hydrogens (tertiary/aromatic N) is 4. The Bertz CT molecular complexity index is 981. The average molecular weight is 323 g/mol. The van der Waals surface area contributed by atoms with E-state index in [-0.39, 0.29) is 5.56 Å². The van der Waals surface area contributed by atoms with E-state index in [4.69, 9.17) is 4.74 Å². The highest BCUT2D eigenvalue weighted by Gasteiger charge is 2.10. The number of rotatable bonds is 5. The van der Waals surface area contributed by atoms with E-state index < -0.39 is 5.56 Å². The minimum absolute atomic E-state index is 0.0465. The molecule has 0 aliphatic carbocycles. The number of anilines is 2. The average Bonchev–Trinajstić information content (AvgIpc) is 2.99. The summed E-state index contributed by atoms with van der Waals surface area (Å²) in [5, 5.41) is 17.3. The van der Waals surface area contributed by atoms with Crippen LogP contribution in [0.4, 0.5) is 11.4 Å². The Balaban J connectivity index is 1.93. The zero-order valence-corrected chi connectivity index (χ0v) is 13.5. The summed E-state index contributed by atoms with van der Waals surface area (Å²) in [5.41, 5.74) is 1.91. The summed E-state index contributed by atoms with van der Waals surface area (Å²) in [7, 11) is 3.19. The minimum Gasteiger partial charge on any atom is -0.383 e. The van der Waals surface area contributed by atoms with Crippen LogP contribution in [-0.2, 0) is 18.3 Å². The van der Waals surface area contributed by atoms with E-state index in [0.29, 0.717) is 12.3 Å². The molecule has 3 aromatic rings. The fourth-order valence-corrected chi connectivity index (χ4v) is 2.56. The van der Waals surface area contributed by atoms with Crippen molar-refractivity contribution >= 4 is 22.3 Å². The Morgan fingerprint density at radius 1 is 1.38 bits per heavy atom. The number of hydrogen-bond donors (Lipinski definition) is 1. The second-order valence-corrected chi connectivity index (χ2v) is 5.37. The highest BCUT2D eigenvalue weighted by atomic mass is 16.5. The Hall–Kier alpha value is -3.11. The van der Waals surface area contributed by atoms with E-state index in [1.54, 1.807) is 7.11 Å². The van der Waals surface area contributed by atoms with Crippen molar-refractivity contribution in [3.8, 4) is 6.07 Å². The predicted molar refractivity (Wildman–Crippen MR) is 91.3 cm³/mol. The SMILES string of the molecule is COCCn1ccc2cc(Nc3cnn(C)c(=O)c3C#N)ccc21. The van der Waals surface area contributed by atoms with Crippen LogP contribution in [0, 0.1) is 11.3 Å². The van der Waals surface area contributed by atoms with Gasteiger partial charge in [0.1, 0.15) is 11.6 Å². The first-order valence-electron chi connectivity index (χ1n) is 7.45. The van der Waals surface area contributed by atoms with E-state index in [1.165, 1.54) is 13.2 Å². The van der Waals surface area contributed by atoms with Gasteiger partial charge in [-0.25, -0.2) is 4.68 Å². The molecule has 2 aromatic heterocycles. The number of benzene rings is 1. The van der Waals surface area contributed by atoms with Crippen LogP contribution in [0.15, 0.2) is 41.5 Å². The van der Waals surface area contributed by atoms with Crippen molar-refractivity contribution in [2.24, 2.45) is 7.05 Å². The van der Waals surface area contributed by atoms with Gasteiger partial charge in [0.2, 0.25) is 0 Å². The number of fused-ring (bicyclic) bond motifs is 1. The minimum atomic E-state index is -0.422. The van der Waals surface area contributed by atoms with Gasteiger partial charge in [-0.2, -0.15) is 10.4 Å². The topological polar surface area (TPSA) is 84.9 Å². The number of hydrogen-bond acceptors (Lipinski definition) is 5. The van der Waals surface area contributed by atoms with Gasteiger partial charge in [0.05, 0.1) is 18.5 Å². The molecule has 7 heteroatoms. The van der Waals surface area contributed by atoms with Crippen LogP contribution in [0.5, 0.6) is 0 Å². The quantitative estimate of drug-likeness (QED) is 0.776. The van der Waals surface area contributed by atoms with Gasteiger partial charge in [-0.1, -0.05) is 0 Å². The van der Waals surface area contributed by atoms with Gasteiger partial charge in [0, 0.05) is 43.5 Å². The molecule has 0 spiro atoms. The molecule has 0 bridgehead atoms. The second-order valence-electron chi connectivity index (χ2n) is 5.37. The first kappa shape index (κ1) is 15.8. The fraction of sp³-hybridized carbons (Fsp3) is 0.235. The van der Waals surface area contributed by atoms with E-state index >= 15 is 0 Å². The Labute approximate surface area is 138 Å². The van der Waals surface area contributed by atoms with Crippen LogP contribution in [0.1, 0.15) is 5.56 Å². The lowest BCUT2D eigenvalue weighted by molar-refractivity contribution is 0.188. The van der Waals surface area contributed by atoms with Gasteiger partial charge in [0.15, 0.2) is 0 Å². The predicted octanol–water partition coefficient (Wildman–Crippen LogP) is 2.00. The van der Waals surface area contributed by atoms with Gasteiger partial charge in [0.25, 0.3) is 5.56 Å². The summed E-state index contributed by atoms with van der Waals surface area (Å²) in [6, 6.07) is 9.82. The third-order valence-corrected chi connectivity index (χ3v) is 3.84. The van der Waals surface area contributed by atoms with E-state index in [2.05, 4.69) is 15.0 Å². The largest absolute Gasteiger partial charge is 0.383 e. The zero-order valence-electron chi connectivity index (χ0n) is 13.5. The monoisotopic (exact) mass is 323 g/mol. The molecular formula is C17H17N5O2. The van der Waals surface area contributed by atoms with Crippen molar-refractivity contribution in [3.05, 3.63) is 52.6 Å². The smallest absolute Gasteiger partial charge is 0.286 e. The molecule has 122 valence electrons. The molecule has 0 fully saturated rings. The number of nitriles is 1. The third-order valence-electron chi connectivity index (χ3n) is 3.84. The molecule has 24 heavy (non-hydrogen) atoms. The summed E-state index contributed by atoms with van der Waals surface area (Å²) in [6.07, 6.45) is 3.49. The second kappa shape index (κ2) is 6.56. The molecule has 0 atom stereocenters. The molecule has 0 aliphatic heterocycles. The van der Waals surface area contributed by atoms with Crippen molar-refractivity contribution in [2.75, 3.05) is 19.0 Å². The Morgan fingerprint density at radius 2 is 2.21 bits per heavy atom. The molecule has 0 radical (unpaired) electrons. The number of aryl methyl sites for hydroxylation is 1. The number of nitrogens with one attached hydrogen (secondary N) is 1. The first-order valence-corrected chi connectivity index (χ1v) is 7.45. The number of ether oxygens (including phenoxy) is 1. The summed E-state index contributed by atoms with van der Waals surface area (Å²) < 4.78 is 8.37. The highest BCUT2D eigenvalue weighted by molar-refractivity contribution is 5.85. The Kier molecular flexibility index (Phi) is 4.31. The normalized spacial score (nSPS) is 10.7. The molecule has 0 saturated heterocycles. The van der Waals surface area contributed by atoms with E-state index in [1.807, 2.05) is 36.5 Å². The maximum Gasteiger partial charge on any atom is 0.286 e. The Morgan fingerprint density at radius 3 is 2.96 bits per heavy atom. The molecule has 0 amide bonds. The van der Waals surface area contributed by atoms with Gasteiger partial charge < -0.3 is 14.6 Å². The lowest BCUT2D eigenvalue weighted by Gasteiger charge is -2.09. The molecule has 0 unspecified atom stereocenters. The van der Waals surface area contributed by atoms with Crippen LogP contribution in [0.3, 0.4) is 0 Å². The molecule has 2 heterocycles. The molecular weight excluding hydrogens is 306 g/mol. The maximum absolute atomic E-state index is 11.9. The van der Waals surface area contributed by atoms with Gasteiger partial charge in [-0.15, -0.1) is 0 Å². The molecule has 1 aromatic carbocycles. The molecule has 3 rings (SSSR count). The summed E-state index contributed by atoms with van der Waals surface area (Å²) in [4.78, 5) is 11.9. The third kappa shape index (κ3) is 2.87. The van der Waals surface area contributed by atoms with Crippen molar-refractivity contribution in [1.29, 1.82) is 5.26 Å². The van der Waals surface area contributed by atoms with Gasteiger partial charge in [-0.3, -0.25) is 4.79 Å². The van der Waals surface area contributed by atoms with Crippen LogP contribution < -0.4 is 10.9 Å². The zero-order chi connectivity index (χ0) is 17.1. The molecule has 7 nitrogen and oxygen atoms in total. The van der Waals surface area contributed by atoms with Crippen molar-refractivity contribution < 1.29 is 4.74 Å². The van der Waals surface area contributed by atoms with Crippen molar-refractivity contribution in [3.63, 3.8) is 0 Å². The molecule has 0 saturated carbocycles. The van der Waals surface area contributed by atoms with Crippen molar-refractivity contribution in [2.45, 2.75) is 6.54 Å². The maximum atomic E-state index is 11.9. The summed E-state index contributed by atoms with van der Waals surface area (Å²) in [5.74, 6) is 0. The summed E-state index contributed by atoms with van der Waals surface area (Å²) >= 11 is 0. The van der Waals surface area contributed by atoms with Crippen LogP contribution in [0.2, 0.25) is 0 Å². The van der Waals surface area contributed by atoms with E-state index in [0.717, 1.165) is 27.8 Å². The fourth-order valence-electron chi connectivity index (χ4n) is 2.56. The number of methoxy groups -OCH3 is 1. The summed E-state index contributed by atoms with van der Waals surface area (Å²) in [6.45, 7) is 1.43. The van der Waals surface area contributed by atoms with Crippen LogP contribution in [-0.4, -0.2) is 28.1 Å². The lowest BCUT2D eigenvalue weighted by Crippen LogP contribution is -2.23. The van der Waals surface area contributed by atoms with Crippen LogP contribution in [0.25, 0.3) is 10.9 Å². The van der Waals surface area contributed by atoms with Gasteiger partial charge >= 0.3 is 0 Å². The standard InChI is InChI=1S/C17H17N5O2/c1-21-17(23)14(10-18)15(11-19-21)20-13-3-4-16-12(9-13)5-6-22(16)7-8-24-2/h3-6,9,11,20H,7-8H2,1-2H3. The first-order chi connectivity index (χ1) is 11.6. The highest BCUT2D eigenvalue weighted by Crippen LogP contribution is 2.23. The lowest BCUT2D eigenvalue weighted by atomic mass is 10.2. The molecule has 0 aliphatic rings. The van der Waals surface area contributed by atoms with Crippen LogP contribution >= 0.6 is 0 Å². The number of aromatic nitrogens is 3. The van der Waals surface area contributed by atoms with Crippen molar-refractivity contribution in [1.82, 2.24) is 14.3 Å².